The quantitative estimate of drug-likeness (QED) is 0.711. The second-order valence-corrected chi connectivity index (χ2v) is 5.87. The van der Waals surface area contributed by atoms with Crippen molar-refractivity contribution in [3.8, 4) is 5.75 Å². The van der Waals surface area contributed by atoms with Crippen molar-refractivity contribution in [3.05, 3.63) is 71.3 Å². The summed E-state index contributed by atoms with van der Waals surface area (Å²) in [4.78, 5) is 12.0. The minimum absolute atomic E-state index is 0.121. The van der Waals surface area contributed by atoms with Crippen molar-refractivity contribution in [3.63, 3.8) is 0 Å². The number of carbonyl (C=O) groups excluding carboxylic acids is 1. The fourth-order valence-corrected chi connectivity index (χ4v) is 2.22. The van der Waals surface area contributed by atoms with Crippen LogP contribution in [0.15, 0.2) is 60.7 Å². The Hall–Kier alpha value is -2.46. The Bertz CT molecular complexity index is 716. The summed E-state index contributed by atoms with van der Waals surface area (Å²) in [6, 6.07) is 14.9. The number of ether oxygens (including phenoxy) is 1. The molecular weight excluding hydrogens is 324 g/mol. The van der Waals surface area contributed by atoms with Gasteiger partial charge in [-0.25, -0.2) is 0 Å². The molecular formula is C19H21ClN2O2. The molecule has 0 spiro atoms. The molecule has 0 aliphatic heterocycles. The zero-order valence-corrected chi connectivity index (χ0v) is 14.4. The Labute approximate surface area is 147 Å². The molecule has 1 amide bonds. The fourth-order valence-electron chi connectivity index (χ4n) is 2.01. The van der Waals surface area contributed by atoms with E-state index in [0.29, 0.717) is 23.9 Å². The van der Waals surface area contributed by atoms with Crippen molar-refractivity contribution < 1.29 is 9.53 Å². The Morgan fingerprint density at radius 2 is 1.88 bits per heavy atom. The van der Waals surface area contributed by atoms with Crippen molar-refractivity contribution >= 4 is 23.2 Å². The van der Waals surface area contributed by atoms with Crippen molar-refractivity contribution in [2.75, 3.05) is 18.5 Å². The summed E-state index contributed by atoms with van der Waals surface area (Å²) in [6.07, 6.45) is 0. The molecule has 2 N–H and O–H groups in total. The summed E-state index contributed by atoms with van der Waals surface area (Å²) in [6.45, 7) is 6.70. The fraction of sp³-hybridized carbons (Fsp3) is 0.211. The Balaban J connectivity index is 1.85. The Morgan fingerprint density at radius 1 is 1.17 bits per heavy atom. The van der Waals surface area contributed by atoms with Gasteiger partial charge in [0.05, 0.1) is 12.2 Å². The van der Waals surface area contributed by atoms with Crippen LogP contribution in [0, 0.1) is 0 Å². The van der Waals surface area contributed by atoms with Crippen LogP contribution in [0.3, 0.4) is 0 Å². The maximum atomic E-state index is 12.0. The predicted octanol–water partition coefficient (Wildman–Crippen LogP) is 4.02. The van der Waals surface area contributed by atoms with Gasteiger partial charge >= 0.3 is 0 Å². The van der Waals surface area contributed by atoms with Gasteiger partial charge < -0.3 is 15.4 Å². The number of amides is 1. The third kappa shape index (κ3) is 5.63. The molecule has 0 fully saturated rings. The van der Waals surface area contributed by atoms with E-state index in [9.17, 15) is 4.79 Å². The molecule has 0 heterocycles. The second-order valence-electron chi connectivity index (χ2n) is 5.46. The van der Waals surface area contributed by atoms with Crippen molar-refractivity contribution in [1.82, 2.24) is 5.32 Å². The lowest BCUT2D eigenvalue weighted by Crippen LogP contribution is -2.29. The monoisotopic (exact) mass is 344 g/mol. The van der Waals surface area contributed by atoms with Crippen LogP contribution in [0.4, 0.5) is 5.69 Å². The lowest BCUT2D eigenvalue weighted by molar-refractivity contribution is -0.119. The van der Waals surface area contributed by atoms with Gasteiger partial charge in [0.25, 0.3) is 0 Å². The number of anilines is 1. The maximum absolute atomic E-state index is 12.0. The summed E-state index contributed by atoms with van der Waals surface area (Å²) < 4.78 is 5.66. The van der Waals surface area contributed by atoms with E-state index < -0.39 is 0 Å². The highest BCUT2D eigenvalue weighted by atomic mass is 35.5. The highest BCUT2D eigenvalue weighted by molar-refractivity contribution is 6.31. The topological polar surface area (TPSA) is 50.4 Å². The molecule has 0 bridgehead atoms. The van der Waals surface area contributed by atoms with Crippen molar-refractivity contribution in [2.45, 2.75) is 13.5 Å². The zero-order chi connectivity index (χ0) is 17.4. The molecule has 0 radical (unpaired) electrons. The molecule has 0 unspecified atom stereocenters. The number of hydrogen-bond donors (Lipinski definition) is 2. The molecule has 0 saturated carbocycles. The third-order valence-electron chi connectivity index (χ3n) is 3.23. The molecule has 0 saturated heterocycles. The lowest BCUT2D eigenvalue weighted by Gasteiger charge is -2.13. The van der Waals surface area contributed by atoms with Crippen LogP contribution in [0.25, 0.3) is 0 Å². The molecule has 4 nitrogen and oxygen atoms in total. The van der Waals surface area contributed by atoms with Gasteiger partial charge in [-0.2, -0.15) is 0 Å². The smallest absolute Gasteiger partial charge is 0.239 e. The molecule has 0 atom stereocenters. The molecule has 2 aromatic rings. The maximum Gasteiger partial charge on any atom is 0.239 e. The predicted molar refractivity (Wildman–Crippen MR) is 98.5 cm³/mol. The summed E-state index contributed by atoms with van der Waals surface area (Å²) in [5, 5.41) is 6.57. The normalized spacial score (nSPS) is 10.1. The van der Waals surface area contributed by atoms with Gasteiger partial charge in [-0.15, -0.1) is 0 Å². The van der Waals surface area contributed by atoms with E-state index in [1.54, 1.807) is 6.07 Å². The average Bonchev–Trinajstić information content (AvgIpc) is 2.58. The van der Waals surface area contributed by atoms with Gasteiger partial charge in [-0.1, -0.05) is 48.5 Å². The van der Waals surface area contributed by atoms with E-state index >= 15 is 0 Å². The molecule has 2 aromatic carbocycles. The van der Waals surface area contributed by atoms with Crippen LogP contribution in [0.5, 0.6) is 5.75 Å². The van der Waals surface area contributed by atoms with Crippen LogP contribution in [-0.4, -0.2) is 19.1 Å². The van der Waals surface area contributed by atoms with Crippen molar-refractivity contribution in [1.29, 1.82) is 0 Å². The number of halogens is 1. The highest BCUT2D eigenvalue weighted by Crippen LogP contribution is 2.23. The van der Waals surface area contributed by atoms with Crippen LogP contribution >= 0.6 is 11.6 Å². The van der Waals surface area contributed by atoms with Gasteiger partial charge in [0.2, 0.25) is 5.91 Å². The molecule has 0 aliphatic rings. The van der Waals surface area contributed by atoms with E-state index in [-0.39, 0.29) is 12.5 Å². The first-order valence-electron chi connectivity index (χ1n) is 7.66. The minimum atomic E-state index is -0.121. The SMILES string of the molecule is C=C(C)COc1ccccc1NCC(=O)NCc1ccccc1Cl. The van der Waals surface area contributed by atoms with Crippen LogP contribution in [-0.2, 0) is 11.3 Å². The van der Waals surface area contributed by atoms with Gasteiger partial charge in [0.15, 0.2) is 0 Å². The van der Waals surface area contributed by atoms with Crippen LogP contribution in [0.2, 0.25) is 5.02 Å². The third-order valence-corrected chi connectivity index (χ3v) is 3.60. The number of rotatable bonds is 8. The molecule has 5 heteroatoms. The van der Waals surface area contributed by atoms with Crippen LogP contribution in [0.1, 0.15) is 12.5 Å². The first-order chi connectivity index (χ1) is 11.6. The summed E-state index contributed by atoms with van der Waals surface area (Å²) in [7, 11) is 0. The van der Waals surface area contributed by atoms with Gasteiger partial charge in [-0.05, 0) is 36.3 Å². The summed E-state index contributed by atoms with van der Waals surface area (Å²) in [5.74, 6) is 0.573. The molecule has 126 valence electrons. The van der Waals surface area contributed by atoms with Gasteiger partial charge in [0, 0.05) is 11.6 Å². The molecule has 24 heavy (non-hydrogen) atoms. The molecule has 2 rings (SSSR count). The average molecular weight is 345 g/mol. The standard InChI is InChI=1S/C19H21ClN2O2/c1-14(2)13-24-18-10-6-5-9-17(18)21-12-19(23)22-11-15-7-3-4-8-16(15)20/h3-10,21H,1,11-13H2,2H3,(H,22,23). The first kappa shape index (κ1) is 17.9. The van der Waals surface area contributed by atoms with E-state index in [1.165, 1.54) is 0 Å². The van der Waals surface area contributed by atoms with E-state index in [4.69, 9.17) is 16.3 Å². The minimum Gasteiger partial charge on any atom is -0.487 e. The Morgan fingerprint density at radius 3 is 2.62 bits per heavy atom. The highest BCUT2D eigenvalue weighted by Gasteiger charge is 2.07. The largest absolute Gasteiger partial charge is 0.487 e. The summed E-state index contributed by atoms with van der Waals surface area (Å²) in [5.41, 5.74) is 2.59. The molecule has 0 aliphatic carbocycles. The number of hydrogen-bond acceptors (Lipinski definition) is 3. The van der Waals surface area contributed by atoms with Gasteiger partial charge in [0.1, 0.15) is 12.4 Å². The zero-order valence-electron chi connectivity index (χ0n) is 13.6. The summed E-state index contributed by atoms with van der Waals surface area (Å²) >= 11 is 6.07. The lowest BCUT2D eigenvalue weighted by atomic mass is 10.2. The van der Waals surface area contributed by atoms with E-state index in [1.807, 2.05) is 49.4 Å². The number of carbonyl (C=O) groups is 1. The van der Waals surface area contributed by atoms with Crippen LogP contribution < -0.4 is 15.4 Å². The number of benzene rings is 2. The Kier molecular flexibility index (Phi) is 6.70. The van der Waals surface area contributed by atoms with E-state index in [0.717, 1.165) is 16.8 Å². The number of nitrogens with one attached hydrogen (secondary N) is 2. The van der Waals surface area contributed by atoms with Gasteiger partial charge in [-0.3, -0.25) is 4.79 Å². The van der Waals surface area contributed by atoms with E-state index in [2.05, 4.69) is 17.2 Å². The molecule has 0 aromatic heterocycles. The second kappa shape index (κ2) is 8.99. The first-order valence-corrected chi connectivity index (χ1v) is 8.04. The number of para-hydroxylation sites is 2. The van der Waals surface area contributed by atoms with Crippen molar-refractivity contribution in [2.24, 2.45) is 0 Å².